The van der Waals surface area contributed by atoms with E-state index in [1.54, 1.807) is 24.3 Å². The molecule has 0 aliphatic rings. The van der Waals surface area contributed by atoms with Gasteiger partial charge in [0, 0.05) is 31.3 Å². The van der Waals surface area contributed by atoms with Crippen molar-refractivity contribution >= 4 is 29.2 Å². The van der Waals surface area contributed by atoms with Crippen molar-refractivity contribution in [3.8, 4) is 5.69 Å². The molecule has 1 aromatic heterocycles. The lowest BCUT2D eigenvalue weighted by Gasteiger charge is -2.07. The Hall–Kier alpha value is -3.94. The number of nitrogens with one attached hydrogen (secondary N) is 3. The molecule has 28 heavy (non-hydrogen) atoms. The molecular formula is C20H19N5O3. The van der Waals surface area contributed by atoms with Gasteiger partial charge in [0.1, 0.15) is 5.82 Å². The van der Waals surface area contributed by atoms with Crippen LogP contribution in [0.25, 0.3) is 5.69 Å². The Morgan fingerprint density at radius 2 is 1.64 bits per heavy atom. The molecule has 1 heterocycles. The van der Waals surface area contributed by atoms with Crippen molar-refractivity contribution in [1.29, 1.82) is 0 Å². The van der Waals surface area contributed by atoms with Gasteiger partial charge in [0.25, 0.3) is 11.8 Å². The second-order valence-electron chi connectivity index (χ2n) is 5.96. The summed E-state index contributed by atoms with van der Waals surface area (Å²) in [5, 5.41) is 12.2. The number of hydrogen-bond donors (Lipinski definition) is 3. The number of amides is 3. The van der Waals surface area contributed by atoms with E-state index in [0.717, 1.165) is 0 Å². The molecule has 3 amide bonds. The highest BCUT2D eigenvalue weighted by molar-refractivity contribution is 6.04. The molecule has 0 saturated carbocycles. The molecule has 0 unspecified atom stereocenters. The number of hydrogen-bond acceptors (Lipinski definition) is 4. The first-order valence-electron chi connectivity index (χ1n) is 8.54. The van der Waals surface area contributed by atoms with Crippen molar-refractivity contribution < 1.29 is 14.4 Å². The van der Waals surface area contributed by atoms with Crippen molar-refractivity contribution in [2.45, 2.75) is 6.92 Å². The van der Waals surface area contributed by atoms with Crippen molar-refractivity contribution in [3.63, 3.8) is 0 Å². The average Bonchev–Trinajstić information content (AvgIpc) is 3.11. The summed E-state index contributed by atoms with van der Waals surface area (Å²) in [6.07, 6.45) is 0. The SMILES string of the molecule is CNC(=O)c1cccc(NC(=O)c2cc(NC(C)=O)n(-c3ccccc3)n2)c1. The van der Waals surface area contributed by atoms with E-state index in [2.05, 4.69) is 21.0 Å². The normalized spacial score (nSPS) is 10.2. The Kier molecular flexibility index (Phi) is 5.50. The number of para-hydroxylation sites is 1. The van der Waals surface area contributed by atoms with Crippen LogP contribution in [0.3, 0.4) is 0 Å². The predicted octanol–water partition coefficient (Wildman–Crippen LogP) is 2.44. The third-order valence-corrected chi connectivity index (χ3v) is 3.86. The summed E-state index contributed by atoms with van der Waals surface area (Å²) in [6, 6.07) is 17.2. The van der Waals surface area contributed by atoms with Crippen LogP contribution in [-0.4, -0.2) is 34.5 Å². The molecular weight excluding hydrogens is 358 g/mol. The van der Waals surface area contributed by atoms with Crippen LogP contribution < -0.4 is 16.0 Å². The minimum absolute atomic E-state index is 0.123. The van der Waals surface area contributed by atoms with Crippen molar-refractivity contribution in [2.24, 2.45) is 0 Å². The summed E-state index contributed by atoms with van der Waals surface area (Å²) >= 11 is 0. The monoisotopic (exact) mass is 377 g/mol. The van der Waals surface area contributed by atoms with Gasteiger partial charge in [-0.2, -0.15) is 5.10 Å². The fourth-order valence-corrected chi connectivity index (χ4v) is 2.61. The van der Waals surface area contributed by atoms with Gasteiger partial charge in [-0.25, -0.2) is 4.68 Å². The lowest BCUT2D eigenvalue weighted by Crippen LogP contribution is -2.18. The van der Waals surface area contributed by atoms with Gasteiger partial charge in [0.2, 0.25) is 5.91 Å². The van der Waals surface area contributed by atoms with Gasteiger partial charge in [-0.15, -0.1) is 0 Å². The van der Waals surface area contributed by atoms with Crippen molar-refractivity contribution in [1.82, 2.24) is 15.1 Å². The highest BCUT2D eigenvalue weighted by Crippen LogP contribution is 2.19. The van der Waals surface area contributed by atoms with E-state index < -0.39 is 5.91 Å². The van der Waals surface area contributed by atoms with E-state index in [1.807, 2.05) is 30.3 Å². The molecule has 2 aromatic carbocycles. The van der Waals surface area contributed by atoms with Crippen LogP contribution in [0, 0.1) is 0 Å². The number of carbonyl (C=O) groups excluding carboxylic acids is 3. The quantitative estimate of drug-likeness (QED) is 0.635. The number of aromatic nitrogens is 2. The van der Waals surface area contributed by atoms with Gasteiger partial charge >= 0.3 is 0 Å². The third kappa shape index (κ3) is 4.24. The van der Waals surface area contributed by atoms with E-state index in [1.165, 1.54) is 24.7 Å². The molecule has 8 nitrogen and oxygen atoms in total. The summed E-state index contributed by atoms with van der Waals surface area (Å²) in [7, 11) is 1.54. The summed E-state index contributed by atoms with van der Waals surface area (Å²) < 4.78 is 1.48. The third-order valence-electron chi connectivity index (χ3n) is 3.86. The van der Waals surface area contributed by atoms with Crippen LogP contribution in [0.5, 0.6) is 0 Å². The lowest BCUT2D eigenvalue weighted by molar-refractivity contribution is -0.114. The molecule has 3 rings (SSSR count). The number of anilines is 2. The topological polar surface area (TPSA) is 105 Å². The summed E-state index contributed by atoms with van der Waals surface area (Å²) in [6.45, 7) is 1.38. The lowest BCUT2D eigenvalue weighted by atomic mass is 10.2. The minimum atomic E-state index is -0.463. The number of nitrogens with zero attached hydrogens (tertiary/aromatic N) is 2. The Labute approximate surface area is 161 Å². The number of benzene rings is 2. The molecule has 0 aliphatic heterocycles. The summed E-state index contributed by atoms with van der Waals surface area (Å²) in [5.74, 6) is -0.613. The van der Waals surface area contributed by atoms with E-state index in [0.29, 0.717) is 22.8 Å². The van der Waals surface area contributed by atoms with Crippen molar-refractivity contribution in [2.75, 3.05) is 17.7 Å². The fourth-order valence-electron chi connectivity index (χ4n) is 2.61. The van der Waals surface area contributed by atoms with E-state index >= 15 is 0 Å². The van der Waals surface area contributed by atoms with Crippen molar-refractivity contribution in [3.05, 3.63) is 71.9 Å². The average molecular weight is 377 g/mol. The molecule has 3 N–H and O–H groups in total. The molecule has 0 bridgehead atoms. The molecule has 0 spiro atoms. The van der Waals surface area contributed by atoms with E-state index in [4.69, 9.17) is 0 Å². The zero-order chi connectivity index (χ0) is 20.1. The first-order valence-corrected chi connectivity index (χ1v) is 8.54. The van der Waals surface area contributed by atoms with Crippen LogP contribution in [0.2, 0.25) is 0 Å². The molecule has 0 fully saturated rings. The Morgan fingerprint density at radius 3 is 2.32 bits per heavy atom. The van der Waals surface area contributed by atoms with E-state index in [-0.39, 0.29) is 17.5 Å². The Bertz CT molecular complexity index is 1030. The van der Waals surface area contributed by atoms with Crippen LogP contribution in [0.15, 0.2) is 60.7 Å². The maximum atomic E-state index is 12.6. The van der Waals surface area contributed by atoms with Gasteiger partial charge in [-0.1, -0.05) is 24.3 Å². The van der Waals surface area contributed by atoms with Crippen LogP contribution in [0.4, 0.5) is 11.5 Å². The summed E-state index contributed by atoms with van der Waals surface area (Å²) in [5.41, 5.74) is 1.71. The van der Waals surface area contributed by atoms with Crippen LogP contribution >= 0.6 is 0 Å². The molecule has 8 heteroatoms. The largest absolute Gasteiger partial charge is 0.355 e. The van der Waals surface area contributed by atoms with Crippen LogP contribution in [-0.2, 0) is 4.79 Å². The van der Waals surface area contributed by atoms with Gasteiger partial charge in [-0.05, 0) is 30.3 Å². The first kappa shape index (κ1) is 18.8. The standard InChI is InChI=1S/C20H19N5O3/c1-13(26)22-18-12-17(24-25(18)16-9-4-3-5-10-16)20(28)23-15-8-6-7-14(11-15)19(27)21-2/h3-12H,1-2H3,(H,21,27)(H,22,26)(H,23,28). The fraction of sp³-hybridized carbons (Fsp3) is 0.100. The smallest absolute Gasteiger partial charge is 0.276 e. The number of carbonyl (C=O) groups is 3. The second kappa shape index (κ2) is 8.17. The highest BCUT2D eigenvalue weighted by Gasteiger charge is 2.17. The Morgan fingerprint density at radius 1 is 0.893 bits per heavy atom. The molecule has 0 saturated heterocycles. The molecule has 0 aliphatic carbocycles. The maximum absolute atomic E-state index is 12.6. The predicted molar refractivity (Wildman–Crippen MR) is 106 cm³/mol. The van der Waals surface area contributed by atoms with Gasteiger partial charge < -0.3 is 16.0 Å². The first-order chi connectivity index (χ1) is 13.5. The van der Waals surface area contributed by atoms with Crippen LogP contribution in [0.1, 0.15) is 27.8 Å². The minimum Gasteiger partial charge on any atom is -0.355 e. The molecule has 142 valence electrons. The molecule has 0 radical (unpaired) electrons. The zero-order valence-electron chi connectivity index (χ0n) is 15.4. The van der Waals surface area contributed by atoms with E-state index in [9.17, 15) is 14.4 Å². The molecule has 3 aromatic rings. The highest BCUT2D eigenvalue weighted by atomic mass is 16.2. The number of rotatable bonds is 5. The molecule has 0 atom stereocenters. The zero-order valence-corrected chi connectivity index (χ0v) is 15.4. The summed E-state index contributed by atoms with van der Waals surface area (Å²) in [4.78, 5) is 35.9. The van der Waals surface area contributed by atoms with Gasteiger partial charge in [-0.3, -0.25) is 14.4 Å². The van der Waals surface area contributed by atoms with Gasteiger partial charge in [0.05, 0.1) is 5.69 Å². The Balaban J connectivity index is 1.89. The van der Waals surface area contributed by atoms with Gasteiger partial charge in [0.15, 0.2) is 5.69 Å². The maximum Gasteiger partial charge on any atom is 0.276 e. The second-order valence-corrected chi connectivity index (χ2v) is 5.96.